The quantitative estimate of drug-likeness (QED) is 0.265. The average Bonchev–Trinajstić information content (AvgIpc) is 2.30. The van der Waals surface area contributed by atoms with E-state index in [0.29, 0.717) is 5.75 Å². The first-order chi connectivity index (χ1) is 8.13. The van der Waals surface area contributed by atoms with Crippen molar-refractivity contribution in [2.24, 2.45) is 0 Å². The van der Waals surface area contributed by atoms with Crippen LogP contribution in [0, 0.1) is 10.1 Å². The van der Waals surface area contributed by atoms with Gasteiger partial charge >= 0.3 is 6.16 Å². The lowest BCUT2D eigenvalue weighted by Crippen LogP contribution is -2.12. The van der Waals surface area contributed by atoms with Crippen LogP contribution in [0.25, 0.3) is 0 Å². The van der Waals surface area contributed by atoms with Gasteiger partial charge in [-0.25, -0.2) is 4.79 Å². The molecule has 1 rings (SSSR count). The molecule has 0 aliphatic heterocycles. The van der Waals surface area contributed by atoms with Crippen LogP contribution in [0.3, 0.4) is 0 Å². The Kier molecular flexibility index (Phi) is 5.28. The fraction of sp³-hybridized carbons (Fsp3) is 0.300. The van der Waals surface area contributed by atoms with Crippen molar-refractivity contribution < 1.29 is 19.2 Å². The highest BCUT2D eigenvalue weighted by Gasteiger charge is 2.08. The van der Waals surface area contributed by atoms with Crippen LogP contribution >= 0.6 is 11.8 Å². The van der Waals surface area contributed by atoms with Gasteiger partial charge in [-0.05, 0) is 18.4 Å². The minimum atomic E-state index is -0.812. The summed E-state index contributed by atoms with van der Waals surface area (Å²) in [5.41, 5.74) is -0.0619. The summed E-state index contributed by atoms with van der Waals surface area (Å²) in [6.45, 7) is 0.271. The van der Waals surface area contributed by atoms with Gasteiger partial charge in [0.1, 0.15) is 12.4 Å². The lowest BCUT2D eigenvalue weighted by molar-refractivity contribution is -0.384. The zero-order chi connectivity index (χ0) is 12.7. The molecular weight excluding hydrogens is 246 g/mol. The molecule has 6 nitrogen and oxygen atoms in total. The Bertz CT molecular complexity index is 392. The Labute approximate surface area is 102 Å². The summed E-state index contributed by atoms with van der Waals surface area (Å²) in [7, 11) is 0. The fourth-order valence-corrected chi connectivity index (χ4v) is 1.22. The minimum Gasteiger partial charge on any atom is -0.433 e. The van der Waals surface area contributed by atoms with Crippen molar-refractivity contribution in [3.63, 3.8) is 0 Å². The molecule has 0 aliphatic rings. The van der Waals surface area contributed by atoms with Gasteiger partial charge in [0.25, 0.3) is 5.69 Å². The van der Waals surface area contributed by atoms with Gasteiger partial charge in [-0.15, -0.1) is 0 Å². The number of hydrogen-bond donors (Lipinski definition) is 0. The summed E-state index contributed by atoms with van der Waals surface area (Å²) in [4.78, 5) is 21.0. The van der Waals surface area contributed by atoms with Gasteiger partial charge in [-0.2, -0.15) is 11.8 Å². The lowest BCUT2D eigenvalue weighted by atomic mass is 10.3. The summed E-state index contributed by atoms with van der Waals surface area (Å²) >= 11 is 1.55. The monoisotopic (exact) mass is 257 g/mol. The molecule has 0 aromatic heterocycles. The Morgan fingerprint density at radius 2 is 2.06 bits per heavy atom. The van der Waals surface area contributed by atoms with Gasteiger partial charge in [0, 0.05) is 17.9 Å². The van der Waals surface area contributed by atoms with Crippen molar-refractivity contribution in [3.8, 4) is 5.75 Å². The van der Waals surface area contributed by atoms with Crippen molar-refractivity contribution in [1.82, 2.24) is 0 Å². The van der Waals surface area contributed by atoms with E-state index in [4.69, 9.17) is 9.47 Å². The van der Waals surface area contributed by atoms with Crippen LogP contribution in [0.5, 0.6) is 5.75 Å². The largest absolute Gasteiger partial charge is 0.513 e. The molecule has 0 bridgehead atoms. The standard InChI is InChI=1S/C10H11NO5S/c1-17-7-6-15-10(12)16-9-4-2-8(3-5-9)11(13)14/h2-5H,6-7H2,1H3. The van der Waals surface area contributed by atoms with Gasteiger partial charge in [-0.3, -0.25) is 10.1 Å². The molecule has 17 heavy (non-hydrogen) atoms. The molecule has 0 unspecified atom stereocenters. The second kappa shape index (κ2) is 6.74. The van der Waals surface area contributed by atoms with Gasteiger partial charge in [0.2, 0.25) is 0 Å². The second-order valence-electron chi connectivity index (χ2n) is 2.94. The van der Waals surface area contributed by atoms with Crippen molar-refractivity contribution in [1.29, 1.82) is 0 Å². The summed E-state index contributed by atoms with van der Waals surface area (Å²) in [6.07, 6.45) is 1.08. The molecule has 0 amide bonds. The molecular formula is C10H11NO5S. The van der Waals surface area contributed by atoms with Crippen molar-refractivity contribution >= 4 is 23.6 Å². The maximum absolute atomic E-state index is 11.1. The molecule has 7 heteroatoms. The first-order valence-electron chi connectivity index (χ1n) is 4.71. The summed E-state index contributed by atoms with van der Waals surface area (Å²) in [6, 6.07) is 5.19. The van der Waals surface area contributed by atoms with Crippen LogP contribution in [0.2, 0.25) is 0 Å². The Balaban J connectivity index is 2.46. The highest BCUT2D eigenvalue weighted by atomic mass is 32.2. The highest BCUT2D eigenvalue weighted by Crippen LogP contribution is 2.17. The Hall–Kier alpha value is -1.76. The molecule has 1 aromatic carbocycles. The predicted molar refractivity (Wildman–Crippen MR) is 63.5 cm³/mol. The van der Waals surface area contributed by atoms with E-state index in [0.717, 1.165) is 0 Å². The number of non-ortho nitro benzene ring substituents is 1. The number of thioether (sulfide) groups is 1. The van der Waals surface area contributed by atoms with Gasteiger partial charge in [-0.1, -0.05) is 0 Å². The smallest absolute Gasteiger partial charge is 0.433 e. The predicted octanol–water partition coefficient (Wildman–Crippen LogP) is 2.47. The molecule has 92 valence electrons. The molecule has 0 aliphatic carbocycles. The van der Waals surface area contributed by atoms with E-state index in [9.17, 15) is 14.9 Å². The van der Waals surface area contributed by atoms with Crippen LogP contribution < -0.4 is 4.74 Å². The van der Waals surface area contributed by atoms with Crippen LogP contribution in [0.4, 0.5) is 10.5 Å². The summed E-state index contributed by atoms with van der Waals surface area (Å²) in [5, 5.41) is 10.4. The normalized spacial score (nSPS) is 9.71. The molecule has 0 N–H and O–H groups in total. The number of ether oxygens (including phenoxy) is 2. The molecule has 0 radical (unpaired) electrons. The molecule has 0 saturated heterocycles. The number of rotatable bonds is 5. The molecule has 0 saturated carbocycles. The SMILES string of the molecule is CSCCOC(=O)Oc1ccc([N+](=O)[O-])cc1. The Morgan fingerprint density at radius 3 is 2.59 bits per heavy atom. The lowest BCUT2D eigenvalue weighted by Gasteiger charge is -2.04. The number of benzene rings is 1. The van der Waals surface area contributed by atoms with Crippen molar-refractivity contribution in [2.45, 2.75) is 0 Å². The van der Waals surface area contributed by atoms with Gasteiger partial charge in [0.15, 0.2) is 0 Å². The number of nitrogens with zero attached hydrogens (tertiary/aromatic N) is 1. The zero-order valence-corrected chi connectivity index (χ0v) is 9.94. The second-order valence-corrected chi connectivity index (χ2v) is 3.93. The van der Waals surface area contributed by atoms with Gasteiger partial charge in [0.05, 0.1) is 4.92 Å². The van der Waals surface area contributed by atoms with Crippen LogP contribution in [-0.4, -0.2) is 29.7 Å². The van der Waals surface area contributed by atoms with Crippen LogP contribution in [-0.2, 0) is 4.74 Å². The zero-order valence-electron chi connectivity index (χ0n) is 9.12. The summed E-state index contributed by atoms with van der Waals surface area (Å²) < 4.78 is 9.55. The Morgan fingerprint density at radius 1 is 1.41 bits per heavy atom. The highest BCUT2D eigenvalue weighted by molar-refractivity contribution is 7.98. The molecule has 0 fully saturated rings. The maximum Gasteiger partial charge on any atom is 0.513 e. The third kappa shape index (κ3) is 4.73. The number of nitro benzene ring substituents is 1. The van der Waals surface area contributed by atoms with E-state index < -0.39 is 11.1 Å². The van der Waals surface area contributed by atoms with Crippen molar-refractivity contribution in [2.75, 3.05) is 18.6 Å². The van der Waals surface area contributed by atoms with E-state index in [2.05, 4.69) is 0 Å². The first kappa shape index (κ1) is 13.3. The number of nitro groups is 1. The summed E-state index contributed by atoms with van der Waals surface area (Å²) in [5.74, 6) is 0.903. The maximum atomic E-state index is 11.1. The first-order valence-corrected chi connectivity index (χ1v) is 6.11. The topological polar surface area (TPSA) is 78.7 Å². The van der Waals surface area contributed by atoms with Crippen molar-refractivity contribution in [3.05, 3.63) is 34.4 Å². The number of carbonyl (C=O) groups is 1. The molecule has 1 aromatic rings. The minimum absolute atomic E-state index is 0.0619. The number of hydrogen-bond acceptors (Lipinski definition) is 6. The van der Waals surface area contributed by atoms with E-state index in [-0.39, 0.29) is 18.0 Å². The third-order valence-electron chi connectivity index (χ3n) is 1.76. The average molecular weight is 257 g/mol. The third-order valence-corrected chi connectivity index (χ3v) is 2.33. The van der Waals surface area contributed by atoms with Gasteiger partial charge < -0.3 is 9.47 Å². The van der Waals surface area contributed by atoms with E-state index in [1.54, 1.807) is 11.8 Å². The number of carbonyl (C=O) groups excluding carboxylic acids is 1. The molecule has 0 spiro atoms. The van der Waals surface area contributed by atoms with Crippen LogP contribution in [0.1, 0.15) is 0 Å². The van der Waals surface area contributed by atoms with E-state index in [1.165, 1.54) is 24.3 Å². The fourth-order valence-electron chi connectivity index (χ4n) is 0.970. The van der Waals surface area contributed by atoms with E-state index >= 15 is 0 Å². The van der Waals surface area contributed by atoms with Crippen LogP contribution in [0.15, 0.2) is 24.3 Å². The molecule has 0 atom stereocenters. The molecule has 0 heterocycles. The van der Waals surface area contributed by atoms with E-state index in [1.807, 2.05) is 6.26 Å².